The van der Waals surface area contributed by atoms with E-state index in [4.69, 9.17) is 9.47 Å². The lowest BCUT2D eigenvalue weighted by Gasteiger charge is -2.20. The maximum absolute atomic E-state index is 5.74. The fourth-order valence-electron chi connectivity index (χ4n) is 2.43. The summed E-state index contributed by atoms with van der Waals surface area (Å²) in [6, 6.07) is 16.4. The highest BCUT2D eigenvalue weighted by atomic mass is 16.5. The molecule has 2 rings (SSSR count). The molecule has 0 aliphatic heterocycles. The number of ether oxygens (including phenoxy) is 2. The van der Waals surface area contributed by atoms with Gasteiger partial charge in [0, 0.05) is 5.56 Å². The normalized spacial score (nSPS) is 12.0. The zero-order valence-corrected chi connectivity index (χ0v) is 12.9. The first-order valence-electron chi connectivity index (χ1n) is 7.41. The Morgan fingerprint density at radius 3 is 2.19 bits per heavy atom. The van der Waals surface area contributed by atoms with E-state index >= 15 is 0 Å². The molecule has 2 aromatic carbocycles. The molecule has 0 amide bonds. The largest absolute Gasteiger partial charge is 0.494 e. The van der Waals surface area contributed by atoms with Gasteiger partial charge in [0.1, 0.15) is 11.5 Å². The molecule has 0 bridgehead atoms. The molecule has 0 saturated carbocycles. The highest BCUT2D eigenvalue weighted by Crippen LogP contribution is 2.30. The Morgan fingerprint density at radius 2 is 1.57 bits per heavy atom. The summed E-state index contributed by atoms with van der Waals surface area (Å²) in [5, 5.41) is 3.36. The van der Waals surface area contributed by atoms with E-state index in [0.717, 1.165) is 17.1 Å². The predicted molar refractivity (Wildman–Crippen MR) is 86.1 cm³/mol. The smallest absolute Gasteiger partial charge is 0.124 e. The minimum absolute atomic E-state index is 0.100. The van der Waals surface area contributed by atoms with Crippen LogP contribution in [-0.4, -0.2) is 20.3 Å². The first-order valence-corrected chi connectivity index (χ1v) is 7.41. The second-order valence-corrected chi connectivity index (χ2v) is 4.69. The van der Waals surface area contributed by atoms with E-state index in [1.165, 1.54) is 5.56 Å². The van der Waals surface area contributed by atoms with Gasteiger partial charge < -0.3 is 14.8 Å². The van der Waals surface area contributed by atoms with Gasteiger partial charge in [-0.15, -0.1) is 0 Å². The molecule has 1 unspecified atom stereocenters. The molecule has 0 fully saturated rings. The van der Waals surface area contributed by atoms with Gasteiger partial charge in [0.2, 0.25) is 0 Å². The average molecular weight is 285 g/mol. The van der Waals surface area contributed by atoms with Crippen molar-refractivity contribution in [3.8, 4) is 11.5 Å². The number of benzene rings is 2. The Labute approximate surface area is 126 Å². The lowest BCUT2D eigenvalue weighted by molar-refractivity contribution is 0.334. The lowest BCUT2D eigenvalue weighted by atomic mass is 9.98. The van der Waals surface area contributed by atoms with Crippen LogP contribution in [0.1, 0.15) is 31.0 Å². The fourth-order valence-corrected chi connectivity index (χ4v) is 2.43. The van der Waals surface area contributed by atoms with Crippen molar-refractivity contribution in [3.05, 3.63) is 59.7 Å². The molecule has 1 atom stereocenters. The van der Waals surface area contributed by atoms with Gasteiger partial charge in [0.15, 0.2) is 0 Å². The Morgan fingerprint density at radius 1 is 0.905 bits per heavy atom. The van der Waals surface area contributed by atoms with Crippen molar-refractivity contribution in [1.29, 1.82) is 0 Å². The SMILES string of the molecule is CCOc1ccc(C(NC)c2ccccc2OCC)cc1. The van der Waals surface area contributed by atoms with E-state index in [9.17, 15) is 0 Å². The van der Waals surface area contributed by atoms with Crippen LogP contribution in [0.3, 0.4) is 0 Å². The minimum atomic E-state index is 0.100. The first-order chi connectivity index (χ1) is 10.3. The van der Waals surface area contributed by atoms with Gasteiger partial charge in [-0.1, -0.05) is 30.3 Å². The zero-order valence-electron chi connectivity index (χ0n) is 12.9. The summed E-state index contributed by atoms with van der Waals surface area (Å²) >= 11 is 0. The Kier molecular flexibility index (Phi) is 5.64. The average Bonchev–Trinajstić information content (AvgIpc) is 2.52. The van der Waals surface area contributed by atoms with Crippen molar-refractivity contribution in [2.75, 3.05) is 20.3 Å². The van der Waals surface area contributed by atoms with Crippen LogP contribution in [0.4, 0.5) is 0 Å². The molecule has 0 heterocycles. The molecule has 3 nitrogen and oxygen atoms in total. The van der Waals surface area contributed by atoms with Crippen LogP contribution in [0.5, 0.6) is 11.5 Å². The maximum Gasteiger partial charge on any atom is 0.124 e. The van der Waals surface area contributed by atoms with Crippen LogP contribution in [-0.2, 0) is 0 Å². The summed E-state index contributed by atoms with van der Waals surface area (Å²) in [6.45, 7) is 5.34. The van der Waals surface area contributed by atoms with Crippen LogP contribution < -0.4 is 14.8 Å². The third-order valence-electron chi connectivity index (χ3n) is 3.34. The Hall–Kier alpha value is -2.00. The molecule has 0 aliphatic carbocycles. The van der Waals surface area contributed by atoms with Gasteiger partial charge in [-0.3, -0.25) is 0 Å². The minimum Gasteiger partial charge on any atom is -0.494 e. The van der Waals surface area contributed by atoms with Crippen LogP contribution in [0.15, 0.2) is 48.5 Å². The quantitative estimate of drug-likeness (QED) is 0.839. The monoisotopic (exact) mass is 285 g/mol. The zero-order chi connectivity index (χ0) is 15.1. The van der Waals surface area contributed by atoms with E-state index in [0.29, 0.717) is 13.2 Å². The highest BCUT2D eigenvalue weighted by molar-refractivity contribution is 5.42. The molecule has 0 saturated heterocycles. The molecule has 0 radical (unpaired) electrons. The molecule has 1 N–H and O–H groups in total. The number of hydrogen-bond donors (Lipinski definition) is 1. The summed E-state index contributed by atoms with van der Waals surface area (Å²) in [5.41, 5.74) is 2.33. The van der Waals surface area contributed by atoms with Gasteiger partial charge in [-0.25, -0.2) is 0 Å². The van der Waals surface area contributed by atoms with Crippen LogP contribution in [0, 0.1) is 0 Å². The summed E-state index contributed by atoms with van der Waals surface area (Å²) in [7, 11) is 1.96. The van der Waals surface area contributed by atoms with Crippen molar-refractivity contribution in [1.82, 2.24) is 5.32 Å². The van der Waals surface area contributed by atoms with Crippen LogP contribution >= 0.6 is 0 Å². The summed E-state index contributed by atoms with van der Waals surface area (Å²) in [5.74, 6) is 1.82. The summed E-state index contributed by atoms with van der Waals surface area (Å²) in [6.07, 6.45) is 0. The first kappa shape index (κ1) is 15.4. The molecule has 3 heteroatoms. The standard InChI is InChI=1S/C18H23NO2/c1-4-20-15-12-10-14(11-13-15)18(19-3)16-8-6-7-9-17(16)21-5-2/h6-13,18-19H,4-5H2,1-3H3. The van der Waals surface area contributed by atoms with Crippen molar-refractivity contribution in [2.45, 2.75) is 19.9 Å². The van der Waals surface area contributed by atoms with Crippen molar-refractivity contribution in [3.63, 3.8) is 0 Å². The molecular formula is C18H23NO2. The predicted octanol–water partition coefficient (Wildman–Crippen LogP) is 3.79. The summed E-state index contributed by atoms with van der Waals surface area (Å²) < 4.78 is 11.2. The van der Waals surface area contributed by atoms with E-state index < -0.39 is 0 Å². The fraction of sp³-hybridized carbons (Fsp3) is 0.333. The number of nitrogens with one attached hydrogen (secondary N) is 1. The second-order valence-electron chi connectivity index (χ2n) is 4.69. The maximum atomic E-state index is 5.74. The van der Waals surface area contributed by atoms with Gasteiger partial charge in [0.05, 0.1) is 19.3 Å². The van der Waals surface area contributed by atoms with Gasteiger partial charge in [0.25, 0.3) is 0 Å². The topological polar surface area (TPSA) is 30.5 Å². The Bertz CT molecular complexity index is 551. The molecule has 0 aliphatic rings. The van der Waals surface area contributed by atoms with Gasteiger partial charge >= 0.3 is 0 Å². The van der Waals surface area contributed by atoms with E-state index in [1.807, 2.05) is 51.2 Å². The lowest BCUT2D eigenvalue weighted by Crippen LogP contribution is -2.18. The van der Waals surface area contributed by atoms with Crippen molar-refractivity contribution < 1.29 is 9.47 Å². The van der Waals surface area contributed by atoms with Gasteiger partial charge in [-0.05, 0) is 44.7 Å². The van der Waals surface area contributed by atoms with Crippen molar-refractivity contribution in [2.24, 2.45) is 0 Å². The second kappa shape index (κ2) is 7.70. The third-order valence-corrected chi connectivity index (χ3v) is 3.34. The van der Waals surface area contributed by atoms with E-state index in [1.54, 1.807) is 0 Å². The van der Waals surface area contributed by atoms with Crippen LogP contribution in [0.25, 0.3) is 0 Å². The van der Waals surface area contributed by atoms with Crippen LogP contribution in [0.2, 0.25) is 0 Å². The number of hydrogen-bond acceptors (Lipinski definition) is 3. The van der Waals surface area contributed by atoms with Crippen molar-refractivity contribution >= 4 is 0 Å². The number of rotatable bonds is 7. The Balaban J connectivity index is 2.30. The molecule has 0 aromatic heterocycles. The third kappa shape index (κ3) is 3.76. The van der Waals surface area contributed by atoms with E-state index in [-0.39, 0.29) is 6.04 Å². The molecule has 112 valence electrons. The van der Waals surface area contributed by atoms with E-state index in [2.05, 4.69) is 23.5 Å². The summed E-state index contributed by atoms with van der Waals surface area (Å²) in [4.78, 5) is 0. The van der Waals surface area contributed by atoms with Gasteiger partial charge in [-0.2, -0.15) is 0 Å². The molecular weight excluding hydrogens is 262 g/mol. The molecule has 2 aromatic rings. The highest BCUT2D eigenvalue weighted by Gasteiger charge is 2.16. The molecule has 21 heavy (non-hydrogen) atoms. The molecule has 0 spiro atoms. The number of para-hydroxylation sites is 1.